The number of anilines is 1. The molecule has 8 heteroatoms. The summed E-state index contributed by atoms with van der Waals surface area (Å²) in [5.41, 5.74) is 1.55. The zero-order valence-electron chi connectivity index (χ0n) is 18.1. The van der Waals surface area contributed by atoms with Crippen LogP contribution in [0.5, 0.6) is 5.75 Å². The quantitative estimate of drug-likeness (QED) is 0.525. The van der Waals surface area contributed by atoms with E-state index in [-0.39, 0.29) is 22.7 Å². The lowest BCUT2D eigenvalue weighted by molar-refractivity contribution is 0.0742. The molecule has 0 aliphatic heterocycles. The summed E-state index contributed by atoms with van der Waals surface area (Å²) < 4.78 is 46.4. The fourth-order valence-corrected chi connectivity index (χ4v) is 4.18. The molecule has 3 rings (SSSR count). The Morgan fingerprint density at radius 3 is 2.16 bits per heavy atom. The number of nitrogens with zero attached hydrogens (tertiary/aromatic N) is 1. The Kier molecular flexibility index (Phi) is 7.15. The molecule has 0 aliphatic rings. The van der Waals surface area contributed by atoms with E-state index in [0.717, 1.165) is 5.56 Å². The molecular weight excluding hydrogens is 431 g/mol. The van der Waals surface area contributed by atoms with Gasteiger partial charge in [-0.25, -0.2) is 12.8 Å². The van der Waals surface area contributed by atoms with Crippen molar-refractivity contribution in [2.75, 3.05) is 18.4 Å². The van der Waals surface area contributed by atoms with Crippen LogP contribution in [0, 0.1) is 5.82 Å². The first-order valence-corrected chi connectivity index (χ1v) is 11.6. The minimum Gasteiger partial charge on any atom is -0.494 e. The molecule has 3 aromatic rings. The van der Waals surface area contributed by atoms with E-state index in [1.165, 1.54) is 41.3 Å². The van der Waals surface area contributed by atoms with E-state index in [1.54, 1.807) is 43.4 Å². The Hall–Kier alpha value is -3.39. The number of hydrogen-bond acceptors (Lipinski definition) is 4. The summed E-state index contributed by atoms with van der Waals surface area (Å²) in [4.78, 5) is 14.4. The topological polar surface area (TPSA) is 75.7 Å². The molecule has 1 amide bonds. The van der Waals surface area contributed by atoms with E-state index in [0.29, 0.717) is 23.6 Å². The number of amides is 1. The van der Waals surface area contributed by atoms with Crippen molar-refractivity contribution < 1.29 is 22.3 Å². The third-order valence-electron chi connectivity index (χ3n) is 5.08. The fraction of sp³-hybridized carbons (Fsp3) is 0.208. The van der Waals surface area contributed by atoms with E-state index < -0.39 is 10.0 Å². The van der Waals surface area contributed by atoms with Gasteiger partial charge in [0.1, 0.15) is 11.6 Å². The number of nitrogens with one attached hydrogen (secondary N) is 1. The number of hydrogen-bond donors (Lipinski definition) is 1. The lowest BCUT2D eigenvalue weighted by atomic mass is 10.1. The molecule has 0 heterocycles. The SMILES string of the molecule is CCOc1ccc(NS(=O)(=O)c2ccc(C(=O)N(C)C(C)c3ccc(F)cc3)cc2)cc1. The second-order valence-corrected chi connectivity index (χ2v) is 8.91. The number of ether oxygens (including phenoxy) is 1. The van der Waals surface area contributed by atoms with Gasteiger partial charge >= 0.3 is 0 Å². The predicted octanol–water partition coefficient (Wildman–Crippen LogP) is 4.86. The summed E-state index contributed by atoms with van der Waals surface area (Å²) >= 11 is 0. The standard InChI is InChI=1S/C24H25FN2O4S/c1-4-31-22-13-11-21(12-14-22)26-32(29,30)23-15-7-19(8-16-23)24(28)27(3)17(2)18-5-9-20(25)10-6-18/h5-17,26H,4H2,1-3H3. The number of halogens is 1. The molecule has 3 aromatic carbocycles. The second kappa shape index (κ2) is 9.82. The van der Waals surface area contributed by atoms with E-state index in [9.17, 15) is 17.6 Å². The summed E-state index contributed by atoms with van der Waals surface area (Å²) in [5, 5.41) is 0. The van der Waals surface area contributed by atoms with Crippen LogP contribution in [0.2, 0.25) is 0 Å². The highest BCUT2D eigenvalue weighted by molar-refractivity contribution is 7.92. The minimum absolute atomic E-state index is 0.0390. The number of carbonyl (C=O) groups is 1. The van der Waals surface area contributed by atoms with Crippen LogP contribution in [0.1, 0.15) is 35.8 Å². The van der Waals surface area contributed by atoms with Crippen LogP contribution in [0.15, 0.2) is 77.7 Å². The maximum absolute atomic E-state index is 13.2. The predicted molar refractivity (Wildman–Crippen MR) is 122 cm³/mol. The summed E-state index contributed by atoms with van der Waals surface area (Å²) in [5.74, 6) is 0.0353. The molecule has 1 unspecified atom stereocenters. The fourth-order valence-electron chi connectivity index (χ4n) is 3.12. The number of sulfonamides is 1. The Bertz CT molecular complexity index is 1160. The second-order valence-electron chi connectivity index (χ2n) is 7.23. The molecule has 0 saturated carbocycles. The van der Waals surface area contributed by atoms with E-state index in [1.807, 2.05) is 13.8 Å². The van der Waals surface area contributed by atoms with E-state index in [2.05, 4.69) is 4.72 Å². The highest BCUT2D eigenvalue weighted by Crippen LogP contribution is 2.23. The van der Waals surface area contributed by atoms with Crippen molar-refractivity contribution >= 4 is 21.6 Å². The van der Waals surface area contributed by atoms with Crippen LogP contribution in [0.3, 0.4) is 0 Å². The molecule has 32 heavy (non-hydrogen) atoms. The summed E-state index contributed by atoms with van der Waals surface area (Å²) in [6.45, 7) is 4.23. The average molecular weight is 457 g/mol. The van der Waals surface area contributed by atoms with Crippen LogP contribution in [-0.4, -0.2) is 32.9 Å². The Morgan fingerprint density at radius 1 is 1.00 bits per heavy atom. The highest BCUT2D eigenvalue weighted by Gasteiger charge is 2.20. The zero-order chi connectivity index (χ0) is 23.3. The molecule has 168 valence electrons. The van der Waals surface area contributed by atoms with Crippen LogP contribution in [0.25, 0.3) is 0 Å². The lowest BCUT2D eigenvalue weighted by Crippen LogP contribution is -2.29. The van der Waals surface area contributed by atoms with Crippen molar-refractivity contribution in [2.45, 2.75) is 24.8 Å². The molecule has 0 spiro atoms. The van der Waals surface area contributed by atoms with Crippen molar-refractivity contribution in [1.82, 2.24) is 4.90 Å². The summed E-state index contributed by atoms with van der Waals surface area (Å²) in [6.07, 6.45) is 0. The van der Waals surface area contributed by atoms with Crippen molar-refractivity contribution in [2.24, 2.45) is 0 Å². The number of benzene rings is 3. The lowest BCUT2D eigenvalue weighted by Gasteiger charge is -2.25. The molecule has 0 aromatic heterocycles. The first-order valence-electron chi connectivity index (χ1n) is 10.1. The molecule has 6 nitrogen and oxygen atoms in total. The highest BCUT2D eigenvalue weighted by atomic mass is 32.2. The first-order chi connectivity index (χ1) is 15.2. The summed E-state index contributed by atoms with van der Waals surface area (Å²) in [6, 6.07) is 18.0. The van der Waals surface area contributed by atoms with Crippen molar-refractivity contribution in [3.05, 3.63) is 89.7 Å². The van der Waals surface area contributed by atoms with E-state index in [4.69, 9.17) is 4.74 Å². The van der Waals surface area contributed by atoms with Gasteiger partial charge in [-0.15, -0.1) is 0 Å². The van der Waals surface area contributed by atoms with Gasteiger partial charge in [0, 0.05) is 18.3 Å². The van der Waals surface area contributed by atoms with E-state index >= 15 is 0 Å². The Morgan fingerprint density at radius 2 is 1.59 bits per heavy atom. The third-order valence-corrected chi connectivity index (χ3v) is 6.48. The van der Waals surface area contributed by atoms with Gasteiger partial charge in [0.25, 0.3) is 15.9 Å². The molecule has 0 bridgehead atoms. The molecule has 0 saturated heterocycles. The molecule has 0 fully saturated rings. The average Bonchev–Trinajstić information content (AvgIpc) is 2.79. The van der Waals surface area contributed by atoms with Gasteiger partial charge in [-0.2, -0.15) is 0 Å². The van der Waals surface area contributed by atoms with Gasteiger partial charge in [0.05, 0.1) is 17.5 Å². The van der Waals surface area contributed by atoms with Gasteiger partial charge in [0.2, 0.25) is 0 Å². The maximum Gasteiger partial charge on any atom is 0.261 e. The molecular formula is C24H25FN2O4S. The zero-order valence-corrected chi connectivity index (χ0v) is 18.9. The van der Waals surface area contributed by atoms with Crippen molar-refractivity contribution in [1.29, 1.82) is 0 Å². The maximum atomic E-state index is 13.2. The largest absolute Gasteiger partial charge is 0.494 e. The minimum atomic E-state index is -3.82. The Labute approximate surface area is 187 Å². The number of carbonyl (C=O) groups excluding carboxylic acids is 1. The van der Waals surface area contributed by atoms with Crippen LogP contribution >= 0.6 is 0 Å². The van der Waals surface area contributed by atoms with Crippen LogP contribution in [-0.2, 0) is 10.0 Å². The van der Waals surface area contributed by atoms with Gasteiger partial charge in [0.15, 0.2) is 0 Å². The smallest absolute Gasteiger partial charge is 0.261 e. The normalized spacial score (nSPS) is 12.1. The summed E-state index contributed by atoms with van der Waals surface area (Å²) in [7, 11) is -2.17. The molecule has 0 radical (unpaired) electrons. The van der Waals surface area contributed by atoms with Crippen LogP contribution < -0.4 is 9.46 Å². The van der Waals surface area contributed by atoms with Gasteiger partial charge in [-0.05, 0) is 80.1 Å². The molecule has 0 aliphatic carbocycles. The van der Waals surface area contributed by atoms with Gasteiger partial charge < -0.3 is 9.64 Å². The third kappa shape index (κ3) is 5.45. The van der Waals surface area contributed by atoms with Crippen molar-refractivity contribution in [3.63, 3.8) is 0 Å². The van der Waals surface area contributed by atoms with Crippen LogP contribution in [0.4, 0.5) is 10.1 Å². The number of rotatable bonds is 8. The van der Waals surface area contributed by atoms with Crippen molar-refractivity contribution in [3.8, 4) is 5.75 Å². The first kappa shape index (κ1) is 23.3. The monoisotopic (exact) mass is 456 g/mol. The Balaban J connectivity index is 1.71. The van der Waals surface area contributed by atoms with Gasteiger partial charge in [-0.3, -0.25) is 9.52 Å². The molecule has 1 atom stereocenters. The molecule has 1 N–H and O–H groups in total. The van der Waals surface area contributed by atoms with Gasteiger partial charge in [-0.1, -0.05) is 12.1 Å².